The third-order valence-corrected chi connectivity index (χ3v) is 9.94. The van der Waals surface area contributed by atoms with Gasteiger partial charge in [-0.3, -0.25) is 9.69 Å². The molecule has 0 spiro atoms. The molecule has 2 N–H and O–H groups in total. The Kier molecular flexibility index (Phi) is 7.27. The van der Waals surface area contributed by atoms with Crippen LogP contribution in [0.25, 0.3) is 32.2 Å². The number of ether oxygens (including phenoxy) is 1. The maximum atomic E-state index is 16.7. The van der Waals surface area contributed by atoms with Gasteiger partial charge in [-0.25, -0.2) is 18.2 Å². The topological polar surface area (TPSA) is 101 Å². The molecule has 2 aromatic carbocycles. The number of benzene rings is 2. The van der Waals surface area contributed by atoms with E-state index in [-0.39, 0.29) is 88.3 Å². The van der Waals surface area contributed by atoms with E-state index in [0.717, 1.165) is 29.5 Å². The van der Waals surface area contributed by atoms with E-state index >= 15 is 4.39 Å². The highest BCUT2D eigenvalue weighted by Gasteiger charge is 2.50. The van der Waals surface area contributed by atoms with Crippen molar-refractivity contribution in [3.63, 3.8) is 0 Å². The zero-order valence-electron chi connectivity index (χ0n) is 24.3. The molecule has 0 aliphatic carbocycles. The summed E-state index contributed by atoms with van der Waals surface area (Å²) in [6.07, 6.45) is -4.20. The summed E-state index contributed by atoms with van der Waals surface area (Å²) in [5.74, 6) is -2.34. The minimum atomic E-state index is -5.05. The molecule has 4 atom stereocenters. The molecule has 2 aromatic heterocycles. The van der Waals surface area contributed by atoms with Gasteiger partial charge in [-0.1, -0.05) is 17.9 Å². The zero-order chi connectivity index (χ0) is 32.7. The minimum absolute atomic E-state index is 0.00963. The SMILES string of the molecule is C=CC(=O)N1CCC2[C@H]1CN2c1nc(OC[C@@H]2C[C@@H](F)CN2C)nc2c(F)c(-c3ccc(F)c4sc(N)nc34)c(C(F)(F)F)cc12. The number of hydrogen-bond acceptors (Lipinski definition) is 9. The molecular weight excluding hydrogens is 636 g/mol. The van der Waals surface area contributed by atoms with Crippen LogP contribution in [0.5, 0.6) is 6.01 Å². The quantitative estimate of drug-likeness (QED) is 0.223. The van der Waals surface area contributed by atoms with Crippen LogP contribution in [0.4, 0.5) is 37.3 Å². The molecule has 0 bridgehead atoms. The fraction of sp³-hybridized carbons (Fsp3) is 0.400. The van der Waals surface area contributed by atoms with Gasteiger partial charge in [-0.05, 0) is 44.2 Å². The Hall–Kier alpha value is -4.18. The summed E-state index contributed by atoms with van der Waals surface area (Å²) >= 11 is 0.732. The number of halogens is 6. The number of amides is 1. The molecule has 242 valence electrons. The number of thiazole rings is 1. The van der Waals surface area contributed by atoms with E-state index in [0.29, 0.717) is 13.0 Å². The summed E-state index contributed by atoms with van der Waals surface area (Å²) in [4.78, 5) is 30.2. The van der Waals surface area contributed by atoms with Gasteiger partial charge in [0.05, 0.1) is 27.9 Å². The van der Waals surface area contributed by atoms with Crippen LogP contribution < -0.4 is 15.4 Å². The number of alkyl halides is 4. The molecule has 0 radical (unpaired) electrons. The normalized spacial score (nSPS) is 23.3. The molecule has 9 nitrogen and oxygen atoms in total. The summed E-state index contributed by atoms with van der Waals surface area (Å²) in [5, 5.41) is -0.317. The highest BCUT2D eigenvalue weighted by molar-refractivity contribution is 7.22. The fourth-order valence-electron chi connectivity index (χ4n) is 6.79. The van der Waals surface area contributed by atoms with Gasteiger partial charge >= 0.3 is 12.2 Å². The number of hydrogen-bond donors (Lipinski definition) is 1. The van der Waals surface area contributed by atoms with Crippen molar-refractivity contribution in [1.82, 2.24) is 24.8 Å². The van der Waals surface area contributed by atoms with Crippen molar-refractivity contribution in [1.29, 1.82) is 0 Å². The number of likely N-dealkylation sites (N-methyl/N-ethyl adjacent to an activating group) is 1. The molecule has 0 saturated carbocycles. The van der Waals surface area contributed by atoms with Crippen LogP contribution in [0.2, 0.25) is 0 Å². The summed E-state index contributed by atoms with van der Waals surface area (Å²) in [5.41, 5.74) is 2.59. The molecule has 16 heteroatoms. The Balaban J connectivity index is 1.40. The number of rotatable bonds is 6. The number of nitrogen functional groups attached to an aromatic ring is 1. The van der Waals surface area contributed by atoms with E-state index in [1.807, 2.05) is 0 Å². The lowest BCUT2D eigenvalue weighted by molar-refractivity contribution is -0.137. The maximum absolute atomic E-state index is 16.7. The summed E-state index contributed by atoms with van der Waals surface area (Å²) < 4.78 is 95.3. The number of carbonyl (C=O) groups is 1. The predicted octanol–water partition coefficient (Wildman–Crippen LogP) is 5.18. The molecule has 1 unspecified atom stereocenters. The molecule has 3 saturated heterocycles. The highest BCUT2D eigenvalue weighted by Crippen LogP contribution is 2.47. The van der Waals surface area contributed by atoms with Gasteiger partial charge in [0, 0.05) is 42.2 Å². The predicted molar refractivity (Wildman–Crippen MR) is 160 cm³/mol. The number of likely N-dealkylation sites (tertiary alicyclic amines) is 2. The Bertz CT molecular complexity index is 1900. The van der Waals surface area contributed by atoms with Gasteiger partial charge in [-0.2, -0.15) is 23.1 Å². The van der Waals surface area contributed by atoms with Crippen LogP contribution in [0, 0.1) is 11.6 Å². The average molecular weight is 664 g/mol. The summed E-state index contributed by atoms with van der Waals surface area (Å²) in [6, 6.07) is 1.60. The smallest absolute Gasteiger partial charge is 0.417 e. The van der Waals surface area contributed by atoms with E-state index < -0.39 is 40.6 Å². The number of fused-ring (bicyclic) bond motifs is 3. The van der Waals surface area contributed by atoms with Gasteiger partial charge in [-0.15, -0.1) is 0 Å². The standard InChI is InChI=1S/C30H27F6N7O2S/c1-3-21(44)42-7-6-19-20(42)11-43(19)27-16-9-17(30(34,35)36)22(15-4-5-18(32)26-25(15)38-28(37)46-26)23(33)24(16)39-29(40-27)45-12-14-8-13(31)10-41(14)2/h3-5,9,13-14,19-20H,1,6-8,10-12H2,2H3,(H2,37,38)/t13-,14+,19?,20-/m1/s1. The third-order valence-electron chi connectivity index (χ3n) is 9.04. The molecule has 1 amide bonds. The molecule has 4 aromatic rings. The van der Waals surface area contributed by atoms with Gasteiger partial charge in [0.1, 0.15) is 29.9 Å². The number of anilines is 2. The number of nitrogens with two attached hydrogens (primary N) is 1. The maximum Gasteiger partial charge on any atom is 0.417 e. The van der Waals surface area contributed by atoms with Crippen LogP contribution in [0.1, 0.15) is 18.4 Å². The Morgan fingerprint density at radius 1 is 1.17 bits per heavy atom. The molecule has 3 aliphatic heterocycles. The van der Waals surface area contributed by atoms with Crippen molar-refractivity contribution in [2.75, 3.05) is 43.9 Å². The number of carbonyl (C=O) groups excluding carboxylic acids is 1. The van der Waals surface area contributed by atoms with Gasteiger partial charge in [0.25, 0.3) is 0 Å². The van der Waals surface area contributed by atoms with Crippen LogP contribution in [-0.2, 0) is 11.0 Å². The first-order chi connectivity index (χ1) is 21.8. The average Bonchev–Trinajstić information content (AvgIpc) is 3.65. The van der Waals surface area contributed by atoms with Crippen molar-refractivity contribution < 1.29 is 35.9 Å². The first kappa shape index (κ1) is 30.5. The third kappa shape index (κ3) is 4.89. The van der Waals surface area contributed by atoms with Gasteiger partial charge < -0.3 is 20.3 Å². The van der Waals surface area contributed by atoms with E-state index in [2.05, 4.69) is 21.5 Å². The van der Waals surface area contributed by atoms with Crippen LogP contribution >= 0.6 is 11.3 Å². The van der Waals surface area contributed by atoms with Crippen LogP contribution in [0.15, 0.2) is 30.9 Å². The van der Waals surface area contributed by atoms with Crippen molar-refractivity contribution in [3.05, 3.63) is 48.1 Å². The number of nitrogens with zero attached hydrogens (tertiary/aromatic N) is 6. The Morgan fingerprint density at radius 2 is 1.96 bits per heavy atom. The van der Waals surface area contributed by atoms with E-state index in [1.54, 1.807) is 21.7 Å². The monoisotopic (exact) mass is 663 g/mol. The molecule has 5 heterocycles. The largest absolute Gasteiger partial charge is 0.462 e. The molecule has 7 rings (SSSR count). The second-order valence-corrected chi connectivity index (χ2v) is 12.7. The molecule has 46 heavy (non-hydrogen) atoms. The lowest BCUT2D eigenvalue weighted by atomic mass is 9.93. The van der Waals surface area contributed by atoms with E-state index in [4.69, 9.17) is 10.5 Å². The number of aromatic nitrogens is 3. The minimum Gasteiger partial charge on any atom is -0.462 e. The highest BCUT2D eigenvalue weighted by atomic mass is 32.1. The van der Waals surface area contributed by atoms with Crippen molar-refractivity contribution in [2.24, 2.45) is 0 Å². The molecular formula is C30H27F6N7O2S. The first-order valence-electron chi connectivity index (χ1n) is 14.5. The van der Waals surface area contributed by atoms with E-state index in [1.165, 1.54) is 6.08 Å². The fourth-order valence-corrected chi connectivity index (χ4v) is 7.55. The second-order valence-electron chi connectivity index (χ2n) is 11.7. The van der Waals surface area contributed by atoms with Crippen molar-refractivity contribution >= 4 is 49.3 Å². The van der Waals surface area contributed by atoms with Gasteiger partial charge in [0.15, 0.2) is 10.9 Å². The lowest BCUT2D eigenvalue weighted by Gasteiger charge is -2.47. The zero-order valence-corrected chi connectivity index (χ0v) is 25.1. The Labute approximate surface area is 262 Å². The van der Waals surface area contributed by atoms with Crippen LogP contribution in [0.3, 0.4) is 0 Å². The second kappa shape index (κ2) is 11.0. The lowest BCUT2D eigenvalue weighted by Crippen LogP contribution is -2.63. The van der Waals surface area contributed by atoms with Crippen molar-refractivity contribution in [2.45, 2.75) is 43.3 Å². The summed E-state index contributed by atoms with van der Waals surface area (Å²) in [7, 11) is 1.73. The van der Waals surface area contributed by atoms with Gasteiger partial charge in [0.2, 0.25) is 5.91 Å². The molecule has 3 aliphatic rings. The molecule has 3 fully saturated rings. The van der Waals surface area contributed by atoms with Crippen molar-refractivity contribution in [3.8, 4) is 17.1 Å². The van der Waals surface area contributed by atoms with Crippen LogP contribution in [-0.4, -0.2) is 88.2 Å². The Morgan fingerprint density at radius 3 is 2.65 bits per heavy atom. The first-order valence-corrected chi connectivity index (χ1v) is 15.3. The van der Waals surface area contributed by atoms with E-state index in [9.17, 15) is 26.7 Å². The summed E-state index contributed by atoms with van der Waals surface area (Å²) in [6.45, 7) is 4.34.